The lowest BCUT2D eigenvalue weighted by molar-refractivity contribution is -0.113. The molecule has 0 heterocycles. The van der Waals surface area contributed by atoms with Crippen molar-refractivity contribution < 1.29 is 4.79 Å². The molecule has 1 heteroatoms. The fourth-order valence-electron chi connectivity index (χ4n) is 1.43. The zero-order chi connectivity index (χ0) is 8.65. The molecule has 1 nitrogen and oxygen atoms in total. The maximum Gasteiger partial charge on any atom is 0.205 e. The van der Waals surface area contributed by atoms with Gasteiger partial charge < -0.3 is 0 Å². The molecule has 1 rings (SSSR count). The molecule has 0 amide bonds. The fraction of sp³-hybridized carbons (Fsp3) is 0.727. The minimum Gasteiger partial charge on any atom is -0.285 e. The van der Waals surface area contributed by atoms with Crippen LogP contribution in [0.25, 0.3) is 0 Å². The van der Waals surface area contributed by atoms with Crippen molar-refractivity contribution >= 4 is 5.78 Å². The van der Waals surface area contributed by atoms with Crippen LogP contribution in [0.5, 0.6) is 0 Å². The molecule has 0 radical (unpaired) electrons. The van der Waals surface area contributed by atoms with E-state index in [4.69, 9.17) is 0 Å². The predicted octanol–water partition coefficient (Wildman–Crippen LogP) is 2.69. The number of hydrogen-bond donors (Lipinski definition) is 0. The highest BCUT2D eigenvalue weighted by atomic mass is 16.1. The number of Topliss-reactive ketones (excluding diaryl/α,β-unsaturated/α-hetero) is 1. The quantitative estimate of drug-likeness (QED) is 0.397. The molecule has 0 bridgehead atoms. The molecular formula is C11H16O. The number of rotatable bonds is 0. The topological polar surface area (TPSA) is 17.1 Å². The summed E-state index contributed by atoms with van der Waals surface area (Å²) in [5.41, 5.74) is 0. The SMILES string of the molecule is O=C1C#CCCCCCCCC1. The lowest BCUT2D eigenvalue weighted by atomic mass is 10.1. The van der Waals surface area contributed by atoms with Gasteiger partial charge in [0.25, 0.3) is 0 Å². The van der Waals surface area contributed by atoms with Crippen molar-refractivity contribution in [2.24, 2.45) is 0 Å². The van der Waals surface area contributed by atoms with E-state index in [-0.39, 0.29) is 5.78 Å². The smallest absolute Gasteiger partial charge is 0.205 e. The summed E-state index contributed by atoms with van der Waals surface area (Å²) >= 11 is 0. The Kier molecular flexibility index (Phi) is 4.52. The van der Waals surface area contributed by atoms with E-state index in [1.54, 1.807) is 0 Å². The largest absolute Gasteiger partial charge is 0.285 e. The second kappa shape index (κ2) is 5.83. The summed E-state index contributed by atoms with van der Waals surface area (Å²) in [4.78, 5) is 11.0. The van der Waals surface area contributed by atoms with E-state index in [2.05, 4.69) is 11.8 Å². The van der Waals surface area contributed by atoms with Gasteiger partial charge in [0.15, 0.2) is 0 Å². The molecule has 1 aliphatic rings. The average molecular weight is 164 g/mol. The molecule has 0 aromatic carbocycles. The highest BCUT2D eigenvalue weighted by Gasteiger charge is 1.98. The van der Waals surface area contributed by atoms with Gasteiger partial charge in [-0.15, -0.1) is 0 Å². The van der Waals surface area contributed by atoms with Gasteiger partial charge in [-0.2, -0.15) is 0 Å². The molecule has 0 N–H and O–H groups in total. The standard InChI is InChI=1S/C11H16O/c12-11-9-7-5-3-1-2-4-6-8-10-11/h1-7,9H2. The molecule has 1 aliphatic carbocycles. The van der Waals surface area contributed by atoms with E-state index in [0.717, 1.165) is 12.8 Å². The molecule has 0 unspecified atom stereocenters. The minimum absolute atomic E-state index is 0.136. The molecular weight excluding hydrogens is 148 g/mol. The number of carbonyl (C=O) groups is 1. The van der Waals surface area contributed by atoms with Gasteiger partial charge in [0.2, 0.25) is 5.78 Å². The van der Waals surface area contributed by atoms with Gasteiger partial charge in [0.1, 0.15) is 0 Å². The van der Waals surface area contributed by atoms with Crippen molar-refractivity contribution in [2.45, 2.75) is 51.4 Å². The summed E-state index contributed by atoms with van der Waals surface area (Å²) < 4.78 is 0. The van der Waals surface area contributed by atoms with Gasteiger partial charge in [-0.05, 0) is 18.8 Å². The Balaban J connectivity index is 2.33. The van der Waals surface area contributed by atoms with Crippen LogP contribution in [0.1, 0.15) is 51.4 Å². The summed E-state index contributed by atoms with van der Waals surface area (Å²) in [6, 6.07) is 0. The van der Waals surface area contributed by atoms with Crippen molar-refractivity contribution in [1.82, 2.24) is 0 Å². The van der Waals surface area contributed by atoms with Crippen LogP contribution in [0.2, 0.25) is 0 Å². The first-order valence-electron chi connectivity index (χ1n) is 4.91. The van der Waals surface area contributed by atoms with Gasteiger partial charge in [0, 0.05) is 12.8 Å². The average Bonchev–Trinajstić information content (AvgIpc) is 2.11. The summed E-state index contributed by atoms with van der Waals surface area (Å²) in [7, 11) is 0. The maximum atomic E-state index is 11.0. The molecule has 66 valence electrons. The zero-order valence-corrected chi connectivity index (χ0v) is 7.57. The third-order valence-corrected chi connectivity index (χ3v) is 2.18. The molecule has 0 aromatic heterocycles. The maximum absolute atomic E-state index is 11.0. The first-order chi connectivity index (χ1) is 5.89. The molecule has 0 aliphatic heterocycles. The lowest BCUT2D eigenvalue weighted by Gasteiger charge is -1.97. The fourth-order valence-corrected chi connectivity index (χ4v) is 1.43. The van der Waals surface area contributed by atoms with Crippen molar-refractivity contribution in [3.63, 3.8) is 0 Å². The van der Waals surface area contributed by atoms with E-state index < -0.39 is 0 Å². The second-order valence-corrected chi connectivity index (χ2v) is 3.35. The molecule has 0 fully saturated rings. The Morgan fingerprint density at radius 1 is 0.917 bits per heavy atom. The summed E-state index contributed by atoms with van der Waals surface area (Å²) in [5, 5.41) is 0. The highest BCUT2D eigenvalue weighted by Crippen LogP contribution is 2.09. The third-order valence-electron chi connectivity index (χ3n) is 2.18. The van der Waals surface area contributed by atoms with Gasteiger partial charge in [0.05, 0.1) is 0 Å². The molecule has 0 aromatic rings. The summed E-state index contributed by atoms with van der Waals surface area (Å²) in [6.45, 7) is 0. The Morgan fingerprint density at radius 2 is 1.58 bits per heavy atom. The molecule has 0 atom stereocenters. The summed E-state index contributed by atoms with van der Waals surface area (Å²) in [6.07, 6.45) is 8.87. The van der Waals surface area contributed by atoms with Crippen LogP contribution in [0.4, 0.5) is 0 Å². The molecule has 12 heavy (non-hydrogen) atoms. The summed E-state index contributed by atoms with van der Waals surface area (Å²) in [5.74, 6) is 5.76. The Labute approximate surface area is 74.5 Å². The van der Waals surface area contributed by atoms with Crippen LogP contribution < -0.4 is 0 Å². The van der Waals surface area contributed by atoms with Crippen LogP contribution in [-0.4, -0.2) is 5.78 Å². The third kappa shape index (κ3) is 4.18. The molecule has 0 saturated carbocycles. The van der Waals surface area contributed by atoms with E-state index in [1.165, 1.54) is 32.1 Å². The van der Waals surface area contributed by atoms with Crippen LogP contribution in [0.15, 0.2) is 0 Å². The number of hydrogen-bond acceptors (Lipinski definition) is 1. The van der Waals surface area contributed by atoms with Crippen LogP contribution in [0.3, 0.4) is 0 Å². The van der Waals surface area contributed by atoms with Crippen LogP contribution >= 0.6 is 0 Å². The Bertz CT molecular complexity index is 195. The van der Waals surface area contributed by atoms with E-state index in [1.807, 2.05) is 0 Å². The Hall–Kier alpha value is -0.770. The van der Waals surface area contributed by atoms with Crippen molar-refractivity contribution in [3.05, 3.63) is 0 Å². The van der Waals surface area contributed by atoms with Gasteiger partial charge in [-0.3, -0.25) is 4.79 Å². The van der Waals surface area contributed by atoms with E-state index in [9.17, 15) is 4.79 Å². The highest BCUT2D eigenvalue weighted by molar-refractivity contribution is 5.95. The second-order valence-electron chi connectivity index (χ2n) is 3.35. The van der Waals surface area contributed by atoms with Gasteiger partial charge in [-0.25, -0.2) is 0 Å². The molecule has 0 spiro atoms. The number of ketones is 1. The monoisotopic (exact) mass is 164 g/mol. The normalized spacial score (nSPS) is 20.5. The van der Waals surface area contributed by atoms with Gasteiger partial charge >= 0.3 is 0 Å². The number of carbonyl (C=O) groups excluding carboxylic acids is 1. The zero-order valence-electron chi connectivity index (χ0n) is 7.57. The van der Waals surface area contributed by atoms with E-state index >= 15 is 0 Å². The lowest BCUT2D eigenvalue weighted by Crippen LogP contribution is -1.92. The Morgan fingerprint density at radius 3 is 2.42 bits per heavy atom. The predicted molar refractivity (Wildman–Crippen MR) is 49.7 cm³/mol. The minimum atomic E-state index is 0.136. The van der Waals surface area contributed by atoms with Crippen molar-refractivity contribution in [3.8, 4) is 11.8 Å². The van der Waals surface area contributed by atoms with Crippen molar-refractivity contribution in [1.29, 1.82) is 0 Å². The molecule has 0 saturated heterocycles. The first kappa shape index (κ1) is 9.32. The van der Waals surface area contributed by atoms with Crippen molar-refractivity contribution in [2.75, 3.05) is 0 Å². The van der Waals surface area contributed by atoms with Crippen LogP contribution in [0, 0.1) is 11.8 Å². The first-order valence-corrected chi connectivity index (χ1v) is 4.91. The van der Waals surface area contributed by atoms with E-state index in [0.29, 0.717) is 6.42 Å². The van der Waals surface area contributed by atoms with Gasteiger partial charge in [-0.1, -0.05) is 31.6 Å². The van der Waals surface area contributed by atoms with Crippen LogP contribution in [-0.2, 0) is 4.79 Å².